The molecule has 2 aliphatic heterocycles. The number of aromatic nitrogens is 2. The third kappa shape index (κ3) is 2.31. The largest absolute Gasteiger partial charge is 0.298 e. The first-order valence-electron chi connectivity index (χ1n) is 7.18. The standard InChI is InChI=1S/C14H24N4/c1-12-13(9-15-16(12)2)10-17-7-8-18-6-4-3-5-14(18)11-17/h9,14H,3-8,10-11H2,1-2H3/t14-/m0/s1. The Bertz CT molecular complexity index is 412. The van der Waals surface area contributed by atoms with Gasteiger partial charge >= 0.3 is 0 Å². The van der Waals surface area contributed by atoms with E-state index in [1.54, 1.807) is 0 Å². The van der Waals surface area contributed by atoms with Gasteiger partial charge in [0.15, 0.2) is 0 Å². The summed E-state index contributed by atoms with van der Waals surface area (Å²) in [7, 11) is 2.03. The number of fused-ring (bicyclic) bond motifs is 1. The maximum Gasteiger partial charge on any atom is 0.0537 e. The molecule has 2 fully saturated rings. The second-order valence-corrected chi connectivity index (χ2v) is 5.80. The van der Waals surface area contributed by atoms with E-state index in [2.05, 4.69) is 21.8 Å². The van der Waals surface area contributed by atoms with Gasteiger partial charge in [-0.15, -0.1) is 0 Å². The first kappa shape index (κ1) is 12.2. The lowest BCUT2D eigenvalue weighted by molar-refractivity contribution is 0.0456. The number of aryl methyl sites for hydroxylation is 1. The predicted octanol–water partition coefficient (Wildman–Crippen LogP) is 1.40. The Balaban J connectivity index is 1.62. The van der Waals surface area contributed by atoms with Crippen molar-refractivity contribution in [2.24, 2.45) is 7.05 Å². The molecule has 3 heterocycles. The second-order valence-electron chi connectivity index (χ2n) is 5.80. The molecule has 0 N–H and O–H groups in total. The van der Waals surface area contributed by atoms with E-state index in [-0.39, 0.29) is 0 Å². The van der Waals surface area contributed by atoms with Crippen molar-refractivity contribution in [3.63, 3.8) is 0 Å². The molecular weight excluding hydrogens is 224 g/mol. The zero-order valence-corrected chi connectivity index (χ0v) is 11.6. The van der Waals surface area contributed by atoms with Crippen molar-refractivity contribution in [2.45, 2.75) is 38.8 Å². The summed E-state index contributed by atoms with van der Waals surface area (Å²) in [5.41, 5.74) is 2.70. The van der Waals surface area contributed by atoms with Gasteiger partial charge in [0.05, 0.1) is 6.20 Å². The van der Waals surface area contributed by atoms with Crippen LogP contribution in [0.3, 0.4) is 0 Å². The summed E-state index contributed by atoms with van der Waals surface area (Å²) in [6, 6.07) is 0.810. The summed E-state index contributed by atoms with van der Waals surface area (Å²) >= 11 is 0. The monoisotopic (exact) mass is 248 g/mol. The molecule has 18 heavy (non-hydrogen) atoms. The Morgan fingerprint density at radius 3 is 2.94 bits per heavy atom. The van der Waals surface area contributed by atoms with E-state index in [1.807, 2.05) is 17.9 Å². The average molecular weight is 248 g/mol. The lowest BCUT2D eigenvalue weighted by Gasteiger charge is -2.44. The maximum atomic E-state index is 4.34. The molecule has 0 amide bonds. The van der Waals surface area contributed by atoms with Gasteiger partial charge in [-0.2, -0.15) is 5.10 Å². The van der Waals surface area contributed by atoms with Crippen LogP contribution in [0.2, 0.25) is 0 Å². The fourth-order valence-corrected chi connectivity index (χ4v) is 3.30. The van der Waals surface area contributed by atoms with E-state index in [9.17, 15) is 0 Å². The fraction of sp³-hybridized carbons (Fsp3) is 0.786. The summed E-state index contributed by atoms with van der Waals surface area (Å²) in [6.07, 6.45) is 6.24. The Kier molecular flexibility index (Phi) is 3.39. The molecule has 4 nitrogen and oxygen atoms in total. The van der Waals surface area contributed by atoms with Crippen molar-refractivity contribution in [1.82, 2.24) is 19.6 Å². The van der Waals surface area contributed by atoms with Gasteiger partial charge in [0.2, 0.25) is 0 Å². The van der Waals surface area contributed by atoms with Crippen molar-refractivity contribution in [3.8, 4) is 0 Å². The molecule has 0 saturated carbocycles. The van der Waals surface area contributed by atoms with Crippen LogP contribution >= 0.6 is 0 Å². The van der Waals surface area contributed by atoms with Crippen molar-refractivity contribution in [2.75, 3.05) is 26.2 Å². The number of rotatable bonds is 2. The number of piperidine rings is 1. The highest BCUT2D eigenvalue weighted by Crippen LogP contribution is 2.22. The van der Waals surface area contributed by atoms with Gasteiger partial charge in [0.25, 0.3) is 0 Å². The molecule has 2 saturated heterocycles. The molecular formula is C14H24N4. The highest BCUT2D eigenvalue weighted by molar-refractivity contribution is 5.15. The maximum absolute atomic E-state index is 4.34. The van der Waals surface area contributed by atoms with Gasteiger partial charge in [-0.25, -0.2) is 0 Å². The van der Waals surface area contributed by atoms with Crippen LogP contribution in [0.5, 0.6) is 0 Å². The molecule has 0 unspecified atom stereocenters. The van der Waals surface area contributed by atoms with E-state index in [1.165, 1.54) is 56.7 Å². The fourth-order valence-electron chi connectivity index (χ4n) is 3.30. The molecule has 4 heteroatoms. The smallest absolute Gasteiger partial charge is 0.0537 e. The van der Waals surface area contributed by atoms with Crippen LogP contribution in [0.25, 0.3) is 0 Å². The van der Waals surface area contributed by atoms with Crippen LogP contribution in [0.15, 0.2) is 6.20 Å². The lowest BCUT2D eigenvalue weighted by atomic mass is 9.99. The minimum absolute atomic E-state index is 0.810. The molecule has 0 spiro atoms. The van der Waals surface area contributed by atoms with Crippen LogP contribution in [-0.2, 0) is 13.6 Å². The predicted molar refractivity (Wildman–Crippen MR) is 72.4 cm³/mol. The summed E-state index contributed by atoms with van der Waals surface area (Å²) < 4.78 is 1.98. The van der Waals surface area contributed by atoms with Gasteiger partial charge in [-0.1, -0.05) is 6.42 Å². The second kappa shape index (κ2) is 5.02. The van der Waals surface area contributed by atoms with E-state index in [4.69, 9.17) is 0 Å². The minimum atomic E-state index is 0.810. The third-order valence-electron chi connectivity index (χ3n) is 4.65. The van der Waals surface area contributed by atoms with Crippen molar-refractivity contribution < 1.29 is 0 Å². The summed E-state index contributed by atoms with van der Waals surface area (Å²) in [6.45, 7) is 8.27. The van der Waals surface area contributed by atoms with Gasteiger partial charge in [-0.05, 0) is 26.3 Å². The van der Waals surface area contributed by atoms with Crippen molar-refractivity contribution >= 4 is 0 Å². The summed E-state index contributed by atoms with van der Waals surface area (Å²) in [5.74, 6) is 0. The van der Waals surface area contributed by atoms with Crippen LogP contribution < -0.4 is 0 Å². The number of nitrogens with zero attached hydrogens (tertiary/aromatic N) is 4. The van der Waals surface area contributed by atoms with Gasteiger partial charge in [0, 0.05) is 50.5 Å². The van der Waals surface area contributed by atoms with Crippen molar-refractivity contribution in [3.05, 3.63) is 17.5 Å². The Morgan fingerprint density at radius 2 is 2.17 bits per heavy atom. The van der Waals surface area contributed by atoms with Crippen LogP contribution in [0.1, 0.15) is 30.5 Å². The first-order chi connectivity index (χ1) is 8.74. The van der Waals surface area contributed by atoms with Crippen LogP contribution in [0, 0.1) is 6.92 Å². The van der Waals surface area contributed by atoms with Gasteiger partial charge in [-0.3, -0.25) is 14.5 Å². The van der Waals surface area contributed by atoms with Gasteiger partial charge < -0.3 is 0 Å². The molecule has 100 valence electrons. The molecule has 0 aliphatic carbocycles. The zero-order valence-electron chi connectivity index (χ0n) is 11.6. The minimum Gasteiger partial charge on any atom is -0.298 e. The Morgan fingerprint density at radius 1 is 1.28 bits per heavy atom. The Hall–Kier alpha value is -0.870. The topological polar surface area (TPSA) is 24.3 Å². The van der Waals surface area contributed by atoms with E-state index >= 15 is 0 Å². The molecule has 1 aromatic heterocycles. The van der Waals surface area contributed by atoms with E-state index in [0.717, 1.165) is 12.6 Å². The zero-order chi connectivity index (χ0) is 12.5. The lowest BCUT2D eigenvalue weighted by Crippen LogP contribution is -2.54. The molecule has 1 atom stereocenters. The first-order valence-corrected chi connectivity index (χ1v) is 7.18. The van der Waals surface area contributed by atoms with Crippen molar-refractivity contribution in [1.29, 1.82) is 0 Å². The molecule has 0 bridgehead atoms. The third-order valence-corrected chi connectivity index (χ3v) is 4.65. The molecule has 2 aliphatic rings. The number of piperazine rings is 1. The van der Waals surface area contributed by atoms with Crippen LogP contribution in [0.4, 0.5) is 0 Å². The molecule has 3 rings (SSSR count). The highest BCUT2D eigenvalue weighted by atomic mass is 15.3. The SMILES string of the molecule is Cc1c(CN2CCN3CCCC[C@H]3C2)cnn1C. The quantitative estimate of drug-likeness (QED) is 0.790. The Labute approximate surface area is 110 Å². The summed E-state index contributed by atoms with van der Waals surface area (Å²) in [4.78, 5) is 5.30. The molecule has 0 radical (unpaired) electrons. The number of hydrogen-bond donors (Lipinski definition) is 0. The normalized spacial score (nSPS) is 26.2. The molecule has 0 aromatic carbocycles. The van der Waals surface area contributed by atoms with Crippen LogP contribution in [-0.4, -0.2) is 51.8 Å². The summed E-state index contributed by atoms with van der Waals surface area (Å²) in [5, 5.41) is 4.34. The van der Waals surface area contributed by atoms with E-state index in [0.29, 0.717) is 0 Å². The van der Waals surface area contributed by atoms with E-state index < -0.39 is 0 Å². The number of hydrogen-bond acceptors (Lipinski definition) is 3. The average Bonchev–Trinajstić information content (AvgIpc) is 2.71. The highest BCUT2D eigenvalue weighted by Gasteiger charge is 2.28. The van der Waals surface area contributed by atoms with Gasteiger partial charge in [0.1, 0.15) is 0 Å². The molecule has 1 aromatic rings.